The van der Waals surface area contributed by atoms with Crippen molar-refractivity contribution in [3.63, 3.8) is 0 Å². The molecule has 0 aliphatic carbocycles. The first-order valence-electron chi connectivity index (χ1n) is 32.1. The van der Waals surface area contributed by atoms with E-state index in [-0.39, 0.29) is 0 Å². The third kappa shape index (κ3) is 51.9. The number of aliphatic hydroxyl groups is 4. The number of rotatable bonds is 60. The van der Waals surface area contributed by atoms with Crippen molar-refractivity contribution in [2.75, 3.05) is 6.61 Å². The Labute approximate surface area is 438 Å². The second-order valence-corrected chi connectivity index (χ2v) is 22.5. The van der Waals surface area contributed by atoms with Gasteiger partial charge in [-0.05, 0) is 38.5 Å². The molecule has 0 aliphatic rings. The summed E-state index contributed by atoms with van der Waals surface area (Å²) in [6.45, 7) is 4.11. The summed E-state index contributed by atoms with van der Waals surface area (Å²) < 4.78 is 0. The number of hydrogen-bond acceptors (Lipinski definition) is 5. The van der Waals surface area contributed by atoms with Gasteiger partial charge in [0, 0.05) is 0 Å². The van der Waals surface area contributed by atoms with E-state index in [4.69, 9.17) is 0 Å². The topological polar surface area (TPSA) is 110 Å². The number of nitrogens with one attached hydrogen (secondary N) is 1. The summed E-state index contributed by atoms with van der Waals surface area (Å²) >= 11 is 0. The van der Waals surface area contributed by atoms with Gasteiger partial charge in [0.15, 0.2) is 0 Å². The predicted octanol–water partition coefficient (Wildman–Crippen LogP) is 19.2. The van der Waals surface area contributed by atoms with E-state index >= 15 is 0 Å². The van der Waals surface area contributed by atoms with Gasteiger partial charge in [0.05, 0.1) is 18.8 Å². The molecule has 0 rings (SSSR count). The van der Waals surface area contributed by atoms with E-state index in [2.05, 4.69) is 31.3 Å². The van der Waals surface area contributed by atoms with Gasteiger partial charge in [-0.2, -0.15) is 0 Å². The third-order valence-corrected chi connectivity index (χ3v) is 15.5. The lowest BCUT2D eigenvalue weighted by Gasteiger charge is -2.27. The van der Waals surface area contributed by atoms with E-state index in [1.54, 1.807) is 0 Å². The second-order valence-electron chi connectivity index (χ2n) is 22.5. The van der Waals surface area contributed by atoms with E-state index in [0.717, 1.165) is 38.5 Å². The number of carbonyl (C=O) groups excluding carboxylic acids is 1. The van der Waals surface area contributed by atoms with Crippen molar-refractivity contribution >= 4 is 5.91 Å². The third-order valence-electron chi connectivity index (χ3n) is 15.5. The molecule has 0 heterocycles. The largest absolute Gasteiger partial charge is 0.394 e. The Morgan fingerprint density at radius 1 is 0.343 bits per heavy atom. The van der Waals surface area contributed by atoms with Gasteiger partial charge in [0.2, 0.25) is 5.91 Å². The summed E-state index contributed by atoms with van der Waals surface area (Å²) in [6.07, 6.45) is 71.7. The molecule has 0 saturated carbocycles. The number of hydrogen-bond donors (Lipinski definition) is 5. The van der Waals surface area contributed by atoms with Crippen molar-refractivity contribution in [3.8, 4) is 0 Å². The molecule has 418 valence electrons. The number of carbonyl (C=O) groups is 1. The first-order chi connectivity index (χ1) is 34.5. The van der Waals surface area contributed by atoms with Gasteiger partial charge in [-0.1, -0.05) is 334 Å². The lowest BCUT2D eigenvalue weighted by atomic mass is 9.99. The summed E-state index contributed by atoms with van der Waals surface area (Å²) in [5.74, 6) is -0.579. The summed E-state index contributed by atoms with van der Waals surface area (Å²) in [5.41, 5.74) is 0. The zero-order valence-corrected chi connectivity index (χ0v) is 47.6. The van der Waals surface area contributed by atoms with Gasteiger partial charge in [-0.15, -0.1) is 0 Å². The zero-order chi connectivity index (χ0) is 50.9. The van der Waals surface area contributed by atoms with Crippen LogP contribution in [-0.2, 0) is 4.79 Å². The average molecular weight is 991 g/mol. The van der Waals surface area contributed by atoms with Crippen LogP contribution in [0.5, 0.6) is 0 Å². The number of allylic oxidation sites excluding steroid dienone is 2. The van der Waals surface area contributed by atoms with Crippen LogP contribution in [0.2, 0.25) is 0 Å². The van der Waals surface area contributed by atoms with Crippen molar-refractivity contribution in [1.82, 2.24) is 5.32 Å². The maximum absolute atomic E-state index is 12.6. The number of amides is 1. The molecule has 4 unspecified atom stereocenters. The Bertz CT molecular complexity index is 1020. The quantitative estimate of drug-likeness (QED) is 0.0308. The van der Waals surface area contributed by atoms with Crippen LogP contribution in [0.1, 0.15) is 361 Å². The highest BCUT2D eigenvalue weighted by Crippen LogP contribution is 2.19. The Hall–Kier alpha value is -0.950. The fraction of sp³-hybridized carbons (Fsp3) is 0.953. The molecule has 70 heavy (non-hydrogen) atoms. The number of unbranched alkanes of at least 4 members (excludes halogenated alkanes) is 49. The fourth-order valence-corrected chi connectivity index (χ4v) is 10.5. The van der Waals surface area contributed by atoms with Crippen molar-refractivity contribution in [2.24, 2.45) is 0 Å². The summed E-state index contributed by atoms with van der Waals surface area (Å²) in [6, 6.07) is -0.986. The van der Waals surface area contributed by atoms with Crippen LogP contribution in [0.15, 0.2) is 12.2 Å². The van der Waals surface area contributed by atoms with Crippen LogP contribution in [0, 0.1) is 0 Å². The van der Waals surface area contributed by atoms with Crippen molar-refractivity contribution < 1.29 is 25.2 Å². The van der Waals surface area contributed by atoms with E-state index < -0.39 is 36.9 Å². The van der Waals surface area contributed by atoms with Crippen LogP contribution in [-0.4, -0.2) is 57.3 Å². The van der Waals surface area contributed by atoms with E-state index in [1.165, 1.54) is 295 Å². The number of aliphatic hydroxyl groups excluding tert-OH is 4. The SMILES string of the molecule is CCCCCCCCCCCCCC/C=C\CCCCCCCCCCC(O)C(=O)NC(CO)C(O)C(O)CCCCCCCCCCCCCCCCCCCCCCCCCCCCCCCC. The molecular formula is C64H127NO5. The lowest BCUT2D eigenvalue weighted by Crippen LogP contribution is -2.53. The molecule has 0 bridgehead atoms. The van der Waals surface area contributed by atoms with Gasteiger partial charge in [-0.25, -0.2) is 0 Å². The average Bonchev–Trinajstić information content (AvgIpc) is 3.36. The minimum absolute atomic E-state index is 0.369. The lowest BCUT2D eigenvalue weighted by molar-refractivity contribution is -0.132. The smallest absolute Gasteiger partial charge is 0.249 e. The maximum atomic E-state index is 12.6. The highest BCUT2D eigenvalue weighted by molar-refractivity contribution is 5.80. The summed E-state index contributed by atoms with van der Waals surface area (Å²) in [4.78, 5) is 12.6. The van der Waals surface area contributed by atoms with Crippen molar-refractivity contribution in [1.29, 1.82) is 0 Å². The molecule has 6 heteroatoms. The Morgan fingerprint density at radius 3 is 0.829 bits per heavy atom. The van der Waals surface area contributed by atoms with Crippen LogP contribution in [0.4, 0.5) is 0 Å². The van der Waals surface area contributed by atoms with Crippen molar-refractivity contribution in [3.05, 3.63) is 12.2 Å². The Kier molecular flexibility index (Phi) is 58.1. The fourth-order valence-electron chi connectivity index (χ4n) is 10.5. The van der Waals surface area contributed by atoms with Gasteiger partial charge in [0.1, 0.15) is 12.2 Å². The predicted molar refractivity (Wildman–Crippen MR) is 307 cm³/mol. The molecular weight excluding hydrogens is 863 g/mol. The maximum Gasteiger partial charge on any atom is 0.249 e. The van der Waals surface area contributed by atoms with E-state index in [1.807, 2.05) is 0 Å². The molecule has 4 atom stereocenters. The molecule has 5 N–H and O–H groups in total. The van der Waals surface area contributed by atoms with Gasteiger partial charge in [-0.3, -0.25) is 4.79 Å². The molecule has 0 aliphatic heterocycles. The summed E-state index contributed by atoms with van der Waals surface area (Å²) in [7, 11) is 0. The normalized spacial score (nSPS) is 13.6. The molecule has 0 aromatic rings. The first kappa shape index (κ1) is 69.0. The van der Waals surface area contributed by atoms with Crippen LogP contribution in [0.3, 0.4) is 0 Å². The van der Waals surface area contributed by atoms with Crippen LogP contribution in [0.25, 0.3) is 0 Å². The molecule has 0 spiro atoms. The molecule has 0 aromatic carbocycles. The van der Waals surface area contributed by atoms with Gasteiger partial charge >= 0.3 is 0 Å². The van der Waals surface area contributed by atoms with Gasteiger partial charge < -0.3 is 25.7 Å². The highest BCUT2D eigenvalue weighted by Gasteiger charge is 2.28. The molecule has 0 fully saturated rings. The standard InChI is InChI=1S/C64H127NO5/c1-3-5-7-9-11-13-15-17-19-21-23-25-27-29-30-31-32-33-34-36-37-39-41-43-45-47-49-51-53-55-57-61(67)63(69)60(59-66)65-64(70)62(68)58-56-54-52-50-48-46-44-42-40-38-35-28-26-24-22-20-18-16-14-12-10-8-6-4-2/h35,38,60-63,66-69H,3-34,36-37,39-59H2,1-2H3,(H,65,70)/b38-35-. The van der Waals surface area contributed by atoms with Gasteiger partial charge in [0.25, 0.3) is 0 Å². The zero-order valence-electron chi connectivity index (χ0n) is 47.6. The Morgan fingerprint density at radius 2 is 0.571 bits per heavy atom. The van der Waals surface area contributed by atoms with E-state index in [9.17, 15) is 25.2 Å². The summed E-state index contributed by atoms with van der Waals surface area (Å²) in [5, 5.41) is 44.2. The monoisotopic (exact) mass is 990 g/mol. The first-order valence-corrected chi connectivity index (χ1v) is 32.1. The molecule has 0 saturated heterocycles. The highest BCUT2D eigenvalue weighted by atomic mass is 16.3. The van der Waals surface area contributed by atoms with Crippen LogP contribution < -0.4 is 5.32 Å². The minimum atomic E-state index is -1.26. The van der Waals surface area contributed by atoms with Crippen LogP contribution >= 0.6 is 0 Å². The second kappa shape index (κ2) is 58.9. The minimum Gasteiger partial charge on any atom is -0.394 e. The van der Waals surface area contributed by atoms with E-state index in [0.29, 0.717) is 12.8 Å². The molecule has 0 radical (unpaired) electrons. The molecule has 1 amide bonds. The molecule has 6 nitrogen and oxygen atoms in total. The molecule has 0 aromatic heterocycles. The van der Waals surface area contributed by atoms with Crippen molar-refractivity contribution in [2.45, 2.75) is 385 Å². The Balaban J connectivity index is 3.55.